The lowest BCUT2D eigenvalue weighted by atomic mass is 9.88. The lowest BCUT2D eigenvalue weighted by Crippen LogP contribution is -2.19. The van der Waals surface area contributed by atoms with Crippen LogP contribution in [0.1, 0.15) is 11.7 Å². The molecule has 0 spiro atoms. The summed E-state index contributed by atoms with van der Waals surface area (Å²) in [5.41, 5.74) is 0.511. The molecule has 2 N–H and O–H groups in total. The van der Waals surface area contributed by atoms with Crippen molar-refractivity contribution in [3.63, 3.8) is 0 Å². The second-order valence-electron chi connectivity index (χ2n) is 2.37. The number of benzene rings is 1. The van der Waals surface area contributed by atoms with Crippen LogP contribution in [0.5, 0.6) is 0 Å². The molecule has 0 saturated carbocycles. The molecule has 12 heavy (non-hydrogen) atoms. The largest absolute Gasteiger partial charge is 0.479 e. The summed E-state index contributed by atoms with van der Waals surface area (Å²) in [6, 6.07) is 6.32. The van der Waals surface area contributed by atoms with Crippen LogP contribution in [0.2, 0.25) is 0 Å². The standard InChI is InChI=1S/C8H7BO3/c9-6-4-2-1-3-5(6)7(10)8(11)12/h1-4,7,10H,(H,11,12). The highest BCUT2D eigenvalue weighted by atomic mass is 16.4. The van der Waals surface area contributed by atoms with E-state index in [1.165, 1.54) is 6.07 Å². The normalized spacial score (nSPS) is 12.4. The van der Waals surface area contributed by atoms with Gasteiger partial charge < -0.3 is 10.2 Å². The van der Waals surface area contributed by atoms with Crippen molar-refractivity contribution in [1.82, 2.24) is 0 Å². The maximum absolute atomic E-state index is 10.3. The number of carboxylic acid groups (broad SMARTS) is 1. The Kier molecular flexibility index (Phi) is 2.50. The number of aliphatic hydroxyl groups excluding tert-OH is 1. The van der Waals surface area contributed by atoms with Gasteiger partial charge in [0.15, 0.2) is 6.10 Å². The molecule has 60 valence electrons. The Bertz CT molecular complexity index is 298. The van der Waals surface area contributed by atoms with Crippen LogP contribution in [-0.4, -0.2) is 24.0 Å². The molecule has 0 fully saturated rings. The van der Waals surface area contributed by atoms with Gasteiger partial charge in [-0.3, -0.25) is 0 Å². The Balaban J connectivity index is 3.02. The Morgan fingerprint density at radius 3 is 2.50 bits per heavy atom. The molecule has 1 atom stereocenters. The molecule has 0 amide bonds. The first kappa shape index (κ1) is 8.81. The molecule has 1 aromatic carbocycles. The Morgan fingerprint density at radius 1 is 1.42 bits per heavy atom. The molecule has 4 heteroatoms. The van der Waals surface area contributed by atoms with Crippen molar-refractivity contribution in [3.8, 4) is 0 Å². The molecular weight excluding hydrogens is 155 g/mol. The minimum atomic E-state index is -1.54. The van der Waals surface area contributed by atoms with Gasteiger partial charge in [0.2, 0.25) is 0 Å². The van der Waals surface area contributed by atoms with Gasteiger partial charge >= 0.3 is 5.97 Å². The van der Waals surface area contributed by atoms with E-state index < -0.39 is 12.1 Å². The highest BCUT2D eigenvalue weighted by Gasteiger charge is 2.16. The minimum absolute atomic E-state index is 0.227. The number of hydrogen-bond donors (Lipinski definition) is 2. The zero-order chi connectivity index (χ0) is 9.14. The zero-order valence-corrected chi connectivity index (χ0v) is 6.27. The van der Waals surface area contributed by atoms with Gasteiger partial charge in [0, 0.05) is 0 Å². The molecule has 1 aromatic rings. The quantitative estimate of drug-likeness (QED) is 0.581. The molecule has 0 saturated heterocycles. The van der Waals surface area contributed by atoms with E-state index in [1.54, 1.807) is 18.2 Å². The van der Waals surface area contributed by atoms with Gasteiger partial charge in [0.1, 0.15) is 7.85 Å². The number of hydrogen-bond acceptors (Lipinski definition) is 2. The number of rotatable bonds is 2. The topological polar surface area (TPSA) is 57.5 Å². The lowest BCUT2D eigenvalue weighted by Gasteiger charge is -2.08. The van der Waals surface area contributed by atoms with Gasteiger partial charge in [-0.25, -0.2) is 4.79 Å². The summed E-state index contributed by atoms with van der Waals surface area (Å²) in [4.78, 5) is 10.3. The maximum atomic E-state index is 10.3. The van der Waals surface area contributed by atoms with Gasteiger partial charge in [0.25, 0.3) is 0 Å². The Hall–Kier alpha value is -1.29. The van der Waals surface area contributed by atoms with Crippen LogP contribution in [0.25, 0.3) is 0 Å². The summed E-state index contributed by atoms with van der Waals surface area (Å²) < 4.78 is 0. The van der Waals surface area contributed by atoms with Crippen LogP contribution in [0.4, 0.5) is 0 Å². The van der Waals surface area contributed by atoms with Crippen molar-refractivity contribution >= 4 is 19.3 Å². The van der Waals surface area contributed by atoms with Gasteiger partial charge in [-0.15, -0.1) is 0 Å². The van der Waals surface area contributed by atoms with Crippen LogP contribution >= 0.6 is 0 Å². The number of carbonyl (C=O) groups is 1. The third-order valence-corrected chi connectivity index (χ3v) is 1.52. The summed E-state index contributed by atoms with van der Waals surface area (Å²) in [6.45, 7) is 0. The van der Waals surface area contributed by atoms with E-state index in [1.807, 2.05) is 0 Å². The average molecular weight is 162 g/mol. The fourth-order valence-corrected chi connectivity index (χ4v) is 0.893. The molecular formula is C8H7BO3. The molecule has 0 bridgehead atoms. The van der Waals surface area contributed by atoms with Crippen molar-refractivity contribution in [2.45, 2.75) is 6.10 Å². The molecule has 0 aliphatic rings. The Labute approximate surface area is 71.1 Å². The van der Waals surface area contributed by atoms with Crippen LogP contribution in [-0.2, 0) is 4.79 Å². The minimum Gasteiger partial charge on any atom is -0.479 e. The Morgan fingerprint density at radius 2 is 2.00 bits per heavy atom. The van der Waals surface area contributed by atoms with Crippen molar-refractivity contribution in [3.05, 3.63) is 29.8 Å². The third kappa shape index (κ3) is 1.65. The first-order valence-electron chi connectivity index (χ1n) is 3.38. The summed E-state index contributed by atoms with van der Waals surface area (Å²) >= 11 is 0. The van der Waals surface area contributed by atoms with E-state index in [-0.39, 0.29) is 11.0 Å². The highest BCUT2D eigenvalue weighted by molar-refractivity contribution is 6.33. The summed E-state index contributed by atoms with van der Waals surface area (Å²) in [5.74, 6) is -1.30. The van der Waals surface area contributed by atoms with E-state index >= 15 is 0 Å². The SMILES string of the molecule is [B]c1ccccc1C(O)C(=O)O. The van der Waals surface area contributed by atoms with Crippen molar-refractivity contribution < 1.29 is 15.0 Å². The molecule has 1 rings (SSSR count). The molecule has 3 nitrogen and oxygen atoms in total. The molecule has 1 unspecified atom stereocenters. The molecule has 0 aromatic heterocycles. The van der Waals surface area contributed by atoms with Crippen LogP contribution < -0.4 is 5.46 Å². The van der Waals surface area contributed by atoms with E-state index in [9.17, 15) is 4.79 Å². The zero-order valence-electron chi connectivity index (χ0n) is 6.27. The average Bonchev–Trinajstić information content (AvgIpc) is 2.04. The van der Waals surface area contributed by atoms with Crippen molar-refractivity contribution in [2.75, 3.05) is 0 Å². The first-order chi connectivity index (χ1) is 5.63. The number of carboxylic acids is 1. The number of aliphatic hydroxyl groups is 1. The maximum Gasteiger partial charge on any atom is 0.337 e. The number of aliphatic carboxylic acids is 1. The van der Waals surface area contributed by atoms with E-state index in [0.717, 1.165) is 0 Å². The predicted octanol–water partition coefficient (Wildman–Crippen LogP) is -0.402. The predicted molar refractivity (Wildman–Crippen MR) is 44.4 cm³/mol. The van der Waals surface area contributed by atoms with Gasteiger partial charge in [-0.05, 0) is 5.56 Å². The van der Waals surface area contributed by atoms with Crippen LogP contribution in [0.15, 0.2) is 24.3 Å². The molecule has 0 aliphatic heterocycles. The molecule has 2 radical (unpaired) electrons. The molecule has 0 aliphatic carbocycles. The third-order valence-electron chi connectivity index (χ3n) is 1.52. The van der Waals surface area contributed by atoms with E-state index in [4.69, 9.17) is 18.1 Å². The van der Waals surface area contributed by atoms with Gasteiger partial charge in [-0.1, -0.05) is 29.7 Å². The van der Waals surface area contributed by atoms with Crippen LogP contribution in [0, 0.1) is 0 Å². The second-order valence-corrected chi connectivity index (χ2v) is 2.37. The van der Waals surface area contributed by atoms with Crippen molar-refractivity contribution in [2.24, 2.45) is 0 Å². The van der Waals surface area contributed by atoms with E-state index in [2.05, 4.69) is 0 Å². The van der Waals surface area contributed by atoms with Gasteiger partial charge in [-0.2, -0.15) is 0 Å². The summed E-state index contributed by atoms with van der Waals surface area (Å²) in [6.07, 6.45) is -1.54. The first-order valence-corrected chi connectivity index (χ1v) is 3.38. The second kappa shape index (κ2) is 3.41. The van der Waals surface area contributed by atoms with Crippen LogP contribution in [0.3, 0.4) is 0 Å². The van der Waals surface area contributed by atoms with Gasteiger partial charge in [0.05, 0.1) is 0 Å². The summed E-state index contributed by atoms with van der Waals surface area (Å²) in [5, 5.41) is 17.6. The fourth-order valence-electron chi connectivity index (χ4n) is 0.893. The summed E-state index contributed by atoms with van der Waals surface area (Å²) in [7, 11) is 5.44. The highest BCUT2D eigenvalue weighted by Crippen LogP contribution is 2.08. The molecule has 0 heterocycles. The smallest absolute Gasteiger partial charge is 0.337 e. The van der Waals surface area contributed by atoms with Crippen molar-refractivity contribution in [1.29, 1.82) is 0 Å². The fraction of sp³-hybridized carbons (Fsp3) is 0.125. The van der Waals surface area contributed by atoms with E-state index in [0.29, 0.717) is 0 Å². The monoisotopic (exact) mass is 162 g/mol. The lowest BCUT2D eigenvalue weighted by molar-refractivity contribution is -0.146.